The predicted molar refractivity (Wildman–Crippen MR) is 106 cm³/mol. The zero-order chi connectivity index (χ0) is 18.8. The first-order valence-electron chi connectivity index (χ1n) is 8.16. The van der Waals surface area contributed by atoms with E-state index >= 15 is 0 Å². The van der Waals surface area contributed by atoms with E-state index in [1.165, 1.54) is 11.3 Å². The molecular weight excluding hydrogens is 364 g/mol. The molecule has 1 N–H and O–H groups in total. The smallest absolute Gasteiger partial charge is 0.345 e. The van der Waals surface area contributed by atoms with E-state index in [4.69, 9.17) is 13.9 Å². The summed E-state index contributed by atoms with van der Waals surface area (Å²) >= 11 is 1.39. The van der Waals surface area contributed by atoms with Crippen LogP contribution in [0.2, 0.25) is 0 Å². The first-order valence-corrected chi connectivity index (χ1v) is 9.04. The second kappa shape index (κ2) is 7.13. The van der Waals surface area contributed by atoms with Crippen molar-refractivity contribution in [1.82, 2.24) is 4.98 Å². The summed E-state index contributed by atoms with van der Waals surface area (Å²) in [5.74, 6) is 1.34. The highest BCUT2D eigenvalue weighted by Gasteiger charge is 2.13. The van der Waals surface area contributed by atoms with Crippen LogP contribution in [0, 0.1) is 0 Å². The summed E-state index contributed by atoms with van der Waals surface area (Å²) in [5, 5.41) is 6.53. The van der Waals surface area contributed by atoms with Gasteiger partial charge in [0.05, 0.1) is 31.2 Å². The maximum absolute atomic E-state index is 12.3. The van der Waals surface area contributed by atoms with Gasteiger partial charge in [-0.25, -0.2) is 9.78 Å². The lowest BCUT2D eigenvalue weighted by atomic mass is 10.1. The quantitative estimate of drug-likeness (QED) is 0.507. The van der Waals surface area contributed by atoms with Gasteiger partial charge in [0, 0.05) is 16.8 Å². The van der Waals surface area contributed by atoms with Crippen LogP contribution in [0.15, 0.2) is 63.1 Å². The SMILES string of the molecule is COc1ccc(Nc2nc(-c3cc4ccccc4oc3=O)cs2)c(OC)c1. The van der Waals surface area contributed by atoms with E-state index in [1.807, 2.05) is 35.7 Å². The van der Waals surface area contributed by atoms with Gasteiger partial charge in [-0.2, -0.15) is 0 Å². The lowest BCUT2D eigenvalue weighted by Crippen LogP contribution is -2.03. The molecule has 2 heterocycles. The van der Waals surface area contributed by atoms with Crippen LogP contribution in [0.25, 0.3) is 22.2 Å². The Balaban J connectivity index is 1.67. The van der Waals surface area contributed by atoms with Crippen molar-refractivity contribution < 1.29 is 13.9 Å². The van der Waals surface area contributed by atoms with Gasteiger partial charge in [-0.3, -0.25) is 0 Å². The molecule has 0 fully saturated rings. The van der Waals surface area contributed by atoms with Crippen LogP contribution in [0.4, 0.5) is 10.8 Å². The van der Waals surface area contributed by atoms with Crippen LogP contribution < -0.4 is 20.4 Å². The lowest BCUT2D eigenvalue weighted by Gasteiger charge is -2.10. The van der Waals surface area contributed by atoms with E-state index in [2.05, 4.69) is 10.3 Å². The number of para-hydroxylation sites is 1. The number of anilines is 2. The zero-order valence-corrected chi connectivity index (χ0v) is 15.5. The molecule has 0 aliphatic carbocycles. The topological polar surface area (TPSA) is 73.6 Å². The maximum atomic E-state index is 12.3. The molecule has 0 aliphatic heterocycles. The summed E-state index contributed by atoms with van der Waals surface area (Å²) in [4.78, 5) is 16.8. The molecule has 6 nitrogen and oxygen atoms in total. The van der Waals surface area contributed by atoms with Crippen molar-refractivity contribution in [1.29, 1.82) is 0 Å². The standard InChI is InChI=1S/C20H16N2O4S/c1-24-13-7-8-15(18(10-13)25-2)21-20-22-16(11-27-20)14-9-12-5-3-4-6-17(12)26-19(14)23/h3-11H,1-2H3,(H,21,22). The second-order valence-electron chi connectivity index (χ2n) is 5.71. The predicted octanol–water partition coefficient (Wildman–Crippen LogP) is 4.68. The Bertz CT molecular complexity index is 1170. The van der Waals surface area contributed by atoms with Crippen molar-refractivity contribution in [2.24, 2.45) is 0 Å². The van der Waals surface area contributed by atoms with Crippen molar-refractivity contribution in [3.05, 3.63) is 64.3 Å². The van der Waals surface area contributed by atoms with Gasteiger partial charge in [0.1, 0.15) is 17.1 Å². The van der Waals surface area contributed by atoms with Gasteiger partial charge >= 0.3 is 5.63 Å². The van der Waals surface area contributed by atoms with E-state index in [9.17, 15) is 4.79 Å². The normalized spacial score (nSPS) is 10.7. The third kappa shape index (κ3) is 3.37. The summed E-state index contributed by atoms with van der Waals surface area (Å²) < 4.78 is 16.0. The van der Waals surface area contributed by atoms with Gasteiger partial charge in [-0.1, -0.05) is 18.2 Å². The van der Waals surface area contributed by atoms with Crippen molar-refractivity contribution in [3.8, 4) is 22.8 Å². The fraction of sp³-hybridized carbons (Fsp3) is 0.100. The van der Waals surface area contributed by atoms with E-state index in [-0.39, 0.29) is 0 Å². The molecule has 0 spiro atoms. The number of ether oxygens (including phenoxy) is 2. The first kappa shape index (κ1) is 17.1. The molecule has 2 aromatic carbocycles. The van der Waals surface area contributed by atoms with E-state index in [0.717, 1.165) is 11.1 Å². The van der Waals surface area contributed by atoms with Crippen molar-refractivity contribution >= 4 is 33.1 Å². The summed E-state index contributed by atoms with van der Waals surface area (Å²) in [6, 6.07) is 14.7. The second-order valence-corrected chi connectivity index (χ2v) is 6.57. The third-order valence-corrected chi connectivity index (χ3v) is 4.83. The van der Waals surface area contributed by atoms with Crippen molar-refractivity contribution in [2.75, 3.05) is 19.5 Å². The Morgan fingerprint density at radius 3 is 2.74 bits per heavy atom. The molecule has 0 unspecified atom stereocenters. The first-order chi connectivity index (χ1) is 13.2. The number of benzene rings is 2. The Morgan fingerprint density at radius 1 is 1.07 bits per heavy atom. The number of methoxy groups -OCH3 is 2. The van der Waals surface area contributed by atoms with E-state index < -0.39 is 5.63 Å². The molecule has 7 heteroatoms. The third-order valence-electron chi connectivity index (χ3n) is 4.07. The molecule has 0 saturated carbocycles. The molecular formula is C20H16N2O4S. The highest BCUT2D eigenvalue weighted by Crippen LogP contribution is 2.33. The average molecular weight is 380 g/mol. The van der Waals surface area contributed by atoms with Crippen molar-refractivity contribution in [2.45, 2.75) is 0 Å². The van der Waals surface area contributed by atoms with Crippen LogP contribution in [0.3, 0.4) is 0 Å². The number of fused-ring (bicyclic) bond motifs is 1. The molecule has 0 aliphatic rings. The van der Waals surface area contributed by atoms with Gasteiger partial charge in [-0.15, -0.1) is 11.3 Å². The van der Waals surface area contributed by atoms with Gasteiger partial charge in [0.15, 0.2) is 5.13 Å². The monoisotopic (exact) mass is 380 g/mol. The minimum atomic E-state index is -0.410. The van der Waals surface area contributed by atoms with Crippen LogP contribution in [-0.4, -0.2) is 19.2 Å². The summed E-state index contributed by atoms with van der Waals surface area (Å²) in [7, 11) is 3.19. The summed E-state index contributed by atoms with van der Waals surface area (Å²) in [6.07, 6.45) is 0. The number of hydrogen-bond acceptors (Lipinski definition) is 7. The summed E-state index contributed by atoms with van der Waals surface area (Å²) in [6.45, 7) is 0. The average Bonchev–Trinajstić information content (AvgIpc) is 3.16. The molecule has 27 heavy (non-hydrogen) atoms. The van der Waals surface area contributed by atoms with E-state index in [1.54, 1.807) is 32.4 Å². The molecule has 4 rings (SSSR count). The van der Waals surface area contributed by atoms with Crippen LogP contribution in [-0.2, 0) is 0 Å². The van der Waals surface area contributed by atoms with Gasteiger partial charge in [0.25, 0.3) is 0 Å². The minimum Gasteiger partial charge on any atom is -0.497 e. The van der Waals surface area contributed by atoms with Crippen LogP contribution >= 0.6 is 11.3 Å². The fourth-order valence-corrected chi connectivity index (χ4v) is 3.44. The van der Waals surface area contributed by atoms with Gasteiger partial charge in [-0.05, 0) is 24.3 Å². The maximum Gasteiger partial charge on any atom is 0.345 e. The number of nitrogens with one attached hydrogen (secondary N) is 1. The van der Waals surface area contributed by atoms with E-state index in [0.29, 0.717) is 33.5 Å². The van der Waals surface area contributed by atoms with Crippen LogP contribution in [0.5, 0.6) is 11.5 Å². The largest absolute Gasteiger partial charge is 0.497 e. The highest BCUT2D eigenvalue weighted by molar-refractivity contribution is 7.14. The summed E-state index contributed by atoms with van der Waals surface area (Å²) in [5.41, 5.74) is 1.90. The fourth-order valence-electron chi connectivity index (χ4n) is 2.71. The minimum absolute atomic E-state index is 0.410. The Labute approximate surface area is 159 Å². The zero-order valence-electron chi connectivity index (χ0n) is 14.7. The molecule has 136 valence electrons. The molecule has 4 aromatic rings. The van der Waals surface area contributed by atoms with Gasteiger partial charge in [0.2, 0.25) is 0 Å². The molecule has 0 atom stereocenters. The molecule has 0 amide bonds. The molecule has 2 aromatic heterocycles. The number of aromatic nitrogens is 1. The Morgan fingerprint density at radius 2 is 1.93 bits per heavy atom. The van der Waals surface area contributed by atoms with Crippen molar-refractivity contribution in [3.63, 3.8) is 0 Å². The molecule has 0 bridgehead atoms. The number of rotatable bonds is 5. The Hall–Kier alpha value is -3.32. The molecule has 0 saturated heterocycles. The number of nitrogens with zero attached hydrogens (tertiary/aromatic N) is 1. The molecule has 0 radical (unpaired) electrons. The lowest BCUT2D eigenvalue weighted by molar-refractivity contribution is 0.395. The Kier molecular flexibility index (Phi) is 4.52. The number of hydrogen-bond donors (Lipinski definition) is 1. The number of thiazole rings is 1. The van der Waals surface area contributed by atoms with Crippen LogP contribution in [0.1, 0.15) is 0 Å². The van der Waals surface area contributed by atoms with Gasteiger partial charge < -0.3 is 19.2 Å². The highest BCUT2D eigenvalue weighted by atomic mass is 32.1.